The molecule has 1 atom stereocenters. The molecule has 18 heavy (non-hydrogen) atoms. The second-order valence-corrected chi connectivity index (χ2v) is 5.60. The van der Waals surface area contributed by atoms with Crippen LogP contribution in [0.4, 0.5) is 0 Å². The molecule has 1 aliphatic rings. The van der Waals surface area contributed by atoms with Crippen LogP contribution in [0.2, 0.25) is 5.02 Å². The zero-order chi connectivity index (χ0) is 13.1. The molecule has 1 aromatic carbocycles. The molecular weight excluding hydrogens is 269 g/mol. The number of carbonyl (C=O) groups is 1. The predicted molar refractivity (Wildman–Crippen MR) is 75.2 cm³/mol. The van der Waals surface area contributed by atoms with Crippen LogP contribution < -0.4 is 0 Å². The van der Waals surface area contributed by atoms with Gasteiger partial charge in [0.2, 0.25) is 5.91 Å². The number of rotatable bonds is 2. The van der Waals surface area contributed by atoms with Gasteiger partial charge in [-0.25, -0.2) is 0 Å². The van der Waals surface area contributed by atoms with Crippen molar-refractivity contribution in [2.24, 2.45) is 0 Å². The van der Waals surface area contributed by atoms with Crippen LogP contribution in [0.15, 0.2) is 18.2 Å². The standard InChI is InChI=1S/C14H17Cl2NO/c1-10-5-6-11(9-12(10)15)13(16)14(18)17-7-3-2-4-8-17/h5-6,9,13H,2-4,7-8H2,1H3. The highest BCUT2D eigenvalue weighted by atomic mass is 35.5. The molecule has 0 aliphatic carbocycles. The van der Waals surface area contributed by atoms with Crippen molar-refractivity contribution in [3.05, 3.63) is 34.3 Å². The fourth-order valence-electron chi connectivity index (χ4n) is 2.18. The van der Waals surface area contributed by atoms with Crippen LogP contribution in [0.3, 0.4) is 0 Å². The van der Waals surface area contributed by atoms with Crippen LogP contribution in [0, 0.1) is 6.92 Å². The van der Waals surface area contributed by atoms with Crippen molar-refractivity contribution in [2.45, 2.75) is 31.6 Å². The number of nitrogens with zero attached hydrogens (tertiary/aromatic N) is 1. The normalized spacial score (nSPS) is 17.6. The summed E-state index contributed by atoms with van der Waals surface area (Å²) in [4.78, 5) is 14.1. The minimum Gasteiger partial charge on any atom is -0.341 e. The van der Waals surface area contributed by atoms with Gasteiger partial charge < -0.3 is 4.90 Å². The number of alkyl halides is 1. The van der Waals surface area contributed by atoms with Crippen molar-refractivity contribution in [2.75, 3.05) is 13.1 Å². The van der Waals surface area contributed by atoms with Gasteiger partial charge in [0.15, 0.2) is 0 Å². The van der Waals surface area contributed by atoms with E-state index in [0.29, 0.717) is 5.02 Å². The molecule has 1 heterocycles. The summed E-state index contributed by atoms with van der Waals surface area (Å²) in [6.45, 7) is 3.57. The Kier molecular flexibility index (Phi) is 4.52. The first-order chi connectivity index (χ1) is 8.59. The van der Waals surface area contributed by atoms with Crippen molar-refractivity contribution < 1.29 is 4.79 Å². The lowest BCUT2D eigenvalue weighted by molar-refractivity contribution is -0.131. The second-order valence-electron chi connectivity index (χ2n) is 4.76. The van der Waals surface area contributed by atoms with Gasteiger partial charge in [0, 0.05) is 18.1 Å². The van der Waals surface area contributed by atoms with Crippen LogP contribution in [0.5, 0.6) is 0 Å². The summed E-state index contributed by atoms with van der Waals surface area (Å²) in [5.74, 6) is -0.00344. The molecule has 1 fully saturated rings. The van der Waals surface area contributed by atoms with E-state index in [2.05, 4.69) is 0 Å². The minimum atomic E-state index is -0.624. The molecule has 0 aromatic heterocycles. The molecule has 1 saturated heterocycles. The number of hydrogen-bond acceptors (Lipinski definition) is 1. The summed E-state index contributed by atoms with van der Waals surface area (Å²) in [5.41, 5.74) is 1.78. The number of piperidine rings is 1. The summed E-state index contributed by atoms with van der Waals surface area (Å²) in [5, 5.41) is 0.0331. The van der Waals surface area contributed by atoms with E-state index in [1.807, 2.05) is 24.0 Å². The van der Waals surface area contributed by atoms with Crippen LogP contribution in [0.25, 0.3) is 0 Å². The van der Waals surface area contributed by atoms with Crippen molar-refractivity contribution in [3.63, 3.8) is 0 Å². The number of aryl methyl sites for hydroxylation is 1. The maximum atomic E-state index is 12.2. The Hall–Kier alpha value is -0.730. The van der Waals surface area contributed by atoms with Crippen LogP contribution in [0.1, 0.15) is 35.8 Å². The van der Waals surface area contributed by atoms with E-state index in [9.17, 15) is 4.79 Å². The molecule has 1 aromatic rings. The molecule has 1 aliphatic heterocycles. The fraction of sp³-hybridized carbons (Fsp3) is 0.500. The number of likely N-dealkylation sites (tertiary alicyclic amines) is 1. The molecule has 98 valence electrons. The number of halogens is 2. The summed E-state index contributed by atoms with van der Waals surface area (Å²) >= 11 is 12.3. The van der Waals surface area contributed by atoms with Gasteiger partial charge in [0.05, 0.1) is 0 Å². The van der Waals surface area contributed by atoms with Gasteiger partial charge in [-0.1, -0.05) is 23.7 Å². The number of hydrogen-bond donors (Lipinski definition) is 0. The Morgan fingerprint density at radius 1 is 1.28 bits per heavy atom. The smallest absolute Gasteiger partial charge is 0.245 e. The zero-order valence-electron chi connectivity index (χ0n) is 10.5. The van der Waals surface area contributed by atoms with Crippen molar-refractivity contribution >= 4 is 29.1 Å². The van der Waals surface area contributed by atoms with E-state index < -0.39 is 5.38 Å². The van der Waals surface area contributed by atoms with Gasteiger partial charge in [0.1, 0.15) is 5.38 Å². The first-order valence-electron chi connectivity index (χ1n) is 6.28. The lowest BCUT2D eigenvalue weighted by atomic mass is 10.1. The minimum absolute atomic E-state index is 0.00344. The van der Waals surface area contributed by atoms with E-state index in [0.717, 1.165) is 37.1 Å². The molecule has 0 spiro atoms. The highest BCUT2D eigenvalue weighted by Crippen LogP contribution is 2.28. The molecule has 0 radical (unpaired) electrons. The van der Waals surface area contributed by atoms with Gasteiger partial charge in [-0.3, -0.25) is 4.79 Å². The topological polar surface area (TPSA) is 20.3 Å². The molecule has 0 N–H and O–H groups in total. The fourth-order valence-corrected chi connectivity index (χ4v) is 2.65. The van der Waals surface area contributed by atoms with Crippen LogP contribution >= 0.6 is 23.2 Å². The van der Waals surface area contributed by atoms with Crippen molar-refractivity contribution in [1.29, 1.82) is 0 Å². The van der Waals surface area contributed by atoms with Crippen molar-refractivity contribution in [3.8, 4) is 0 Å². The van der Waals surface area contributed by atoms with Crippen LogP contribution in [-0.4, -0.2) is 23.9 Å². The molecule has 0 bridgehead atoms. The van der Waals surface area contributed by atoms with E-state index in [4.69, 9.17) is 23.2 Å². The lowest BCUT2D eigenvalue weighted by Crippen LogP contribution is -2.37. The Morgan fingerprint density at radius 2 is 1.94 bits per heavy atom. The summed E-state index contributed by atoms with van der Waals surface area (Å²) in [6, 6.07) is 5.56. The van der Waals surface area contributed by atoms with Gasteiger partial charge >= 0.3 is 0 Å². The lowest BCUT2D eigenvalue weighted by Gasteiger charge is -2.28. The third-order valence-corrected chi connectivity index (χ3v) is 4.22. The Labute approximate surface area is 118 Å². The highest BCUT2D eigenvalue weighted by Gasteiger charge is 2.25. The average molecular weight is 286 g/mol. The third-order valence-electron chi connectivity index (χ3n) is 3.37. The van der Waals surface area contributed by atoms with Gasteiger partial charge in [-0.2, -0.15) is 0 Å². The Balaban J connectivity index is 2.11. The summed E-state index contributed by atoms with van der Waals surface area (Å²) in [7, 11) is 0. The number of benzene rings is 1. The number of carbonyl (C=O) groups excluding carboxylic acids is 1. The monoisotopic (exact) mass is 285 g/mol. The molecule has 1 unspecified atom stereocenters. The van der Waals surface area contributed by atoms with E-state index in [-0.39, 0.29) is 5.91 Å². The van der Waals surface area contributed by atoms with E-state index in [1.165, 1.54) is 6.42 Å². The quantitative estimate of drug-likeness (QED) is 0.754. The van der Waals surface area contributed by atoms with Gasteiger partial charge in [-0.05, 0) is 43.4 Å². The first-order valence-corrected chi connectivity index (χ1v) is 7.10. The average Bonchev–Trinajstić information content (AvgIpc) is 2.41. The summed E-state index contributed by atoms with van der Waals surface area (Å²) in [6.07, 6.45) is 3.35. The van der Waals surface area contributed by atoms with Gasteiger partial charge in [-0.15, -0.1) is 11.6 Å². The SMILES string of the molecule is Cc1ccc(C(Cl)C(=O)N2CCCCC2)cc1Cl. The molecule has 0 saturated carbocycles. The molecule has 2 nitrogen and oxygen atoms in total. The Morgan fingerprint density at radius 3 is 2.56 bits per heavy atom. The maximum absolute atomic E-state index is 12.2. The van der Waals surface area contributed by atoms with E-state index in [1.54, 1.807) is 6.07 Å². The highest BCUT2D eigenvalue weighted by molar-refractivity contribution is 6.33. The van der Waals surface area contributed by atoms with E-state index >= 15 is 0 Å². The summed E-state index contributed by atoms with van der Waals surface area (Å²) < 4.78 is 0. The Bertz CT molecular complexity index is 441. The first kappa shape index (κ1) is 13.7. The largest absolute Gasteiger partial charge is 0.341 e. The predicted octanol–water partition coefficient (Wildman–Crippen LogP) is 3.94. The molecule has 4 heteroatoms. The molecule has 1 amide bonds. The second kappa shape index (κ2) is 5.94. The molecular formula is C14H17Cl2NO. The maximum Gasteiger partial charge on any atom is 0.245 e. The van der Waals surface area contributed by atoms with Gasteiger partial charge in [0.25, 0.3) is 0 Å². The third kappa shape index (κ3) is 2.99. The van der Waals surface area contributed by atoms with Crippen LogP contribution in [-0.2, 0) is 4.79 Å². The number of amides is 1. The zero-order valence-corrected chi connectivity index (χ0v) is 12.0. The van der Waals surface area contributed by atoms with Crippen molar-refractivity contribution in [1.82, 2.24) is 4.90 Å². The molecule has 2 rings (SSSR count).